The summed E-state index contributed by atoms with van der Waals surface area (Å²) >= 11 is 0. The number of ether oxygens (including phenoxy) is 1. The van der Waals surface area contributed by atoms with Crippen molar-refractivity contribution in [2.24, 2.45) is 51.2 Å². The number of carbonyl (C=O) groups is 1. The van der Waals surface area contributed by atoms with E-state index >= 15 is 4.79 Å². The Labute approximate surface area is 323 Å². The fourth-order valence-electron chi connectivity index (χ4n) is 16.6. The van der Waals surface area contributed by atoms with Gasteiger partial charge in [-0.05, 0) is 108 Å². The molecule has 2 bridgehead atoms. The van der Waals surface area contributed by atoms with Crippen LogP contribution in [0.1, 0.15) is 115 Å². The highest BCUT2D eigenvalue weighted by atomic mass is 16.6. The number of aromatic hydroxyl groups is 2. The number of fused-ring (bicyclic) bond motifs is 14. The fraction of sp³-hybridized carbons (Fsp3) is 0.756. The molecule has 11 rings (SSSR count). The molecule has 10 heteroatoms. The molecule has 1 saturated heterocycles. The maximum absolute atomic E-state index is 15.1. The van der Waals surface area contributed by atoms with Crippen molar-refractivity contribution in [3.8, 4) is 11.5 Å². The summed E-state index contributed by atoms with van der Waals surface area (Å²) < 4.78 is 7.24. The second kappa shape index (κ2) is 11.0. The zero-order chi connectivity index (χ0) is 39.1. The van der Waals surface area contributed by atoms with E-state index in [2.05, 4.69) is 32.9 Å². The van der Waals surface area contributed by atoms with Crippen molar-refractivity contribution in [1.82, 2.24) is 0 Å². The van der Waals surface area contributed by atoms with Crippen LogP contribution in [-0.4, -0.2) is 94.0 Å². The smallest absolute Gasteiger partial charge is 0.160 e. The number of aliphatic hydroxyl groups excluding tert-OH is 3. The third-order valence-corrected chi connectivity index (χ3v) is 18.9. The van der Waals surface area contributed by atoms with E-state index in [4.69, 9.17) is 4.74 Å². The van der Waals surface area contributed by atoms with Gasteiger partial charge in [0, 0.05) is 54.6 Å². The number of benzene rings is 1. The minimum absolute atomic E-state index is 0.0234. The van der Waals surface area contributed by atoms with Gasteiger partial charge in [0.2, 0.25) is 0 Å². The molecule has 5 saturated carbocycles. The topological polar surface area (TPSA) is 188 Å². The second-order valence-electron chi connectivity index (χ2n) is 20.9. The van der Waals surface area contributed by atoms with Crippen LogP contribution in [0.15, 0.2) is 35.9 Å². The normalized spacial score (nSPS) is 54.0. The minimum Gasteiger partial charge on any atom is -0.508 e. The molecule has 0 amide bonds. The van der Waals surface area contributed by atoms with Gasteiger partial charge in [-0.1, -0.05) is 52.7 Å². The average Bonchev–Trinajstić information content (AvgIpc) is 3.71. The molecular weight excluding hydrogens is 700 g/mol. The number of ketones is 1. The highest BCUT2D eigenvalue weighted by Gasteiger charge is 2.84. The second-order valence-corrected chi connectivity index (χ2v) is 20.9. The van der Waals surface area contributed by atoms with Crippen LogP contribution in [0, 0.1) is 51.2 Å². The first kappa shape index (κ1) is 37.0. The Balaban J connectivity index is 1.15. The first-order valence-electron chi connectivity index (χ1n) is 21.1. The summed E-state index contributed by atoms with van der Waals surface area (Å²) in [7, 11) is 0. The van der Waals surface area contributed by atoms with E-state index in [1.807, 2.05) is 6.92 Å². The van der Waals surface area contributed by atoms with Gasteiger partial charge in [0.15, 0.2) is 5.78 Å². The van der Waals surface area contributed by atoms with E-state index < -0.39 is 74.7 Å². The lowest BCUT2D eigenvalue weighted by atomic mass is 9.36. The predicted molar refractivity (Wildman–Crippen MR) is 201 cm³/mol. The Hall–Kier alpha value is -2.31. The molecule has 10 aliphatic rings. The van der Waals surface area contributed by atoms with Gasteiger partial charge in [0.05, 0.1) is 29.5 Å². The van der Waals surface area contributed by atoms with Crippen LogP contribution in [-0.2, 0) is 16.0 Å². The number of hydrogen-bond acceptors (Lipinski definition) is 10. The molecule has 1 aromatic carbocycles. The Morgan fingerprint density at radius 2 is 1.67 bits per heavy atom. The molecule has 9 aliphatic carbocycles. The zero-order valence-corrected chi connectivity index (χ0v) is 32.7. The zero-order valence-electron chi connectivity index (χ0n) is 32.7. The van der Waals surface area contributed by atoms with Crippen LogP contribution in [0.3, 0.4) is 0 Å². The van der Waals surface area contributed by atoms with E-state index in [0.29, 0.717) is 29.5 Å². The third-order valence-electron chi connectivity index (χ3n) is 18.9. The lowest BCUT2D eigenvalue weighted by Crippen LogP contribution is -2.72. The van der Waals surface area contributed by atoms with E-state index in [1.54, 1.807) is 6.08 Å². The van der Waals surface area contributed by atoms with E-state index in [0.717, 1.165) is 38.5 Å². The summed E-state index contributed by atoms with van der Waals surface area (Å²) in [4.78, 5) is 15.1. The van der Waals surface area contributed by atoms with Crippen molar-refractivity contribution in [1.29, 1.82) is 0 Å². The summed E-state index contributed by atoms with van der Waals surface area (Å²) in [6.45, 7) is 7.96. The van der Waals surface area contributed by atoms with Crippen molar-refractivity contribution >= 4 is 5.78 Å². The first-order valence-corrected chi connectivity index (χ1v) is 21.1. The molecule has 8 N–H and O–H groups in total. The van der Waals surface area contributed by atoms with Gasteiger partial charge in [-0.3, -0.25) is 4.79 Å². The maximum Gasteiger partial charge on any atom is 0.160 e. The lowest BCUT2D eigenvalue weighted by molar-refractivity contribution is -0.253. The lowest BCUT2D eigenvalue weighted by Gasteiger charge is -2.69. The number of hydrogen-bond donors (Lipinski definition) is 8. The van der Waals surface area contributed by atoms with E-state index in [1.165, 1.54) is 12.1 Å². The van der Waals surface area contributed by atoms with Crippen LogP contribution in [0.4, 0.5) is 0 Å². The van der Waals surface area contributed by atoms with Gasteiger partial charge in [0.25, 0.3) is 0 Å². The van der Waals surface area contributed by atoms with Gasteiger partial charge in [0.1, 0.15) is 22.7 Å². The minimum atomic E-state index is -1.70. The van der Waals surface area contributed by atoms with E-state index in [9.17, 15) is 40.9 Å². The first-order chi connectivity index (χ1) is 25.8. The van der Waals surface area contributed by atoms with Crippen LogP contribution >= 0.6 is 0 Å². The third kappa shape index (κ3) is 4.04. The van der Waals surface area contributed by atoms with Gasteiger partial charge in [-0.25, -0.2) is 0 Å². The largest absolute Gasteiger partial charge is 0.508 e. The maximum atomic E-state index is 15.1. The standard InChI is InChI=1S/C45H60O10/c1-23-37(51)45(24-7-12-38(23,2)13-8-24)43(53,15-16-46)36-31(55-45)20-44(54)28-19-30(49)34-33-27-17-25(47)18-29(48)26(27)9-14-42(33,52)32(50)21-39(34,3)35(28)41(10-5-6-11-41)22-40(36,44)4/h7,12,17-19,23-24,31-37,46-48,50-54H,5-6,8-11,13-16,20-22H2,1-4H3/t23-,24-,31+,32+,33-,34-,35+,36+,37+,38+,39+,40-,42+,43-,44-,45+/m1/s1. The molecule has 1 heterocycles. The highest BCUT2D eigenvalue weighted by molar-refractivity contribution is 5.96. The van der Waals surface area contributed by atoms with Crippen molar-refractivity contribution < 1.29 is 50.4 Å². The van der Waals surface area contributed by atoms with Crippen molar-refractivity contribution in [2.45, 2.75) is 151 Å². The molecule has 300 valence electrons. The van der Waals surface area contributed by atoms with E-state index in [-0.39, 0.29) is 72.7 Å². The molecular formula is C45H60O10. The molecule has 55 heavy (non-hydrogen) atoms. The predicted octanol–water partition coefficient (Wildman–Crippen LogP) is 4.33. The number of rotatable bonds is 2. The number of carbonyl (C=O) groups excluding carboxylic acids is 1. The van der Waals surface area contributed by atoms with Gasteiger partial charge < -0.3 is 45.6 Å². The van der Waals surface area contributed by atoms with Crippen LogP contribution in [0.2, 0.25) is 0 Å². The van der Waals surface area contributed by atoms with Crippen LogP contribution in [0.5, 0.6) is 11.5 Å². The molecule has 1 aromatic rings. The van der Waals surface area contributed by atoms with Crippen LogP contribution < -0.4 is 0 Å². The van der Waals surface area contributed by atoms with Crippen LogP contribution in [0.25, 0.3) is 0 Å². The Morgan fingerprint density at radius 3 is 2.35 bits per heavy atom. The van der Waals surface area contributed by atoms with Gasteiger partial charge in [-0.2, -0.15) is 0 Å². The Bertz CT molecular complexity index is 1920. The Morgan fingerprint density at radius 1 is 0.945 bits per heavy atom. The van der Waals surface area contributed by atoms with Crippen molar-refractivity contribution in [2.75, 3.05) is 6.61 Å². The molecule has 6 fully saturated rings. The molecule has 0 unspecified atom stereocenters. The molecule has 2 spiro atoms. The highest BCUT2D eigenvalue weighted by Crippen LogP contribution is 2.80. The monoisotopic (exact) mass is 760 g/mol. The molecule has 1 aliphatic heterocycles. The Kier molecular flexibility index (Phi) is 7.42. The summed E-state index contributed by atoms with van der Waals surface area (Å²) in [5.74, 6) is -3.73. The molecule has 0 aromatic heterocycles. The summed E-state index contributed by atoms with van der Waals surface area (Å²) in [6, 6.07) is 2.81. The summed E-state index contributed by atoms with van der Waals surface area (Å²) in [6.07, 6.45) is 9.37. The SMILES string of the molecule is C[C@@H]1[C@H](O)[C@@]2(O[C@H]3C[C@@]4(O)C5=CC(=O)[C@@H]6[C@H]7c8cc(O)cc(O)c8CC[C@]7(O)[C@@H](O)C[C@]6(C)[C@H]5C5(CCCC5)C[C@]4(C)[C@H]3[C@]2(O)CCO)[C@@H]2C=C[C@@]1(C)CC2. The quantitative estimate of drug-likeness (QED) is 0.202. The molecule has 10 nitrogen and oxygen atoms in total. The molecule has 16 atom stereocenters. The summed E-state index contributed by atoms with van der Waals surface area (Å²) in [5, 5.41) is 96.5. The number of phenols is 2. The fourth-order valence-corrected chi connectivity index (χ4v) is 16.6. The number of allylic oxidation sites excluding steroid dienone is 2. The molecule has 0 radical (unpaired) electrons. The van der Waals surface area contributed by atoms with Gasteiger partial charge >= 0.3 is 0 Å². The van der Waals surface area contributed by atoms with Gasteiger partial charge in [-0.15, -0.1) is 0 Å². The van der Waals surface area contributed by atoms with Crippen molar-refractivity contribution in [3.05, 3.63) is 47.1 Å². The number of aliphatic hydroxyl groups is 6. The average molecular weight is 761 g/mol. The van der Waals surface area contributed by atoms with Crippen molar-refractivity contribution in [3.63, 3.8) is 0 Å². The number of phenolic OH excluding ortho intramolecular Hbond substituents is 2. The summed E-state index contributed by atoms with van der Waals surface area (Å²) in [5.41, 5.74) is -7.28.